The molecule has 130 valence electrons. The molecule has 0 bridgehead atoms. The third kappa shape index (κ3) is 5.00. The number of hydrogen-bond donors (Lipinski definition) is 2. The fraction of sp³-hybridized carbons (Fsp3) is 0.714. The molecule has 0 aromatic rings. The van der Waals surface area contributed by atoms with E-state index in [1.807, 2.05) is 20.8 Å². The molecule has 0 spiro atoms. The normalized spacial score (nSPS) is 25.6. The zero-order chi connectivity index (χ0) is 17.8. The van der Waals surface area contributed by atoms with E-state index in [2.05, 4.69) is 5.32 Å². The highest BCUT2D eigenvalue weighted by Gasteiger charge is 2.56. The molecular formula is C14H23N3O6. The first-order valence-electron chi connectivity index (χ1n) is 7.20. The standard InChI is InChI=1S/C14H23N3O6/c1-13(2,3)15-8-10(18)9-23-11-6-5-7-14(4,17(21)22)12(11)16(19)20/h5-7,10,12,15,18H,8-9H2,1-4H3. The van der Waals surface area contributed by atoms with Gasteiger partial charge in [-0.2, -0.15) is 0 Å². The Morgan fingerprint density at radius 1 is 1.43 bits per heavy atom. The first-order valence-corrected chi connectivity index (χ1v) is 7.20. The second-order valence-corrected chi connectivity index (χ2v) is 6.69. The second-order valence-electron chi connectivity index (χ2n) is 6.69. The van der Waals surface area contributed by atoms with Gasteiger partial charge in [0.2, 0.25) is 0 Å². The van der Waals surface area contributed by atoms with Crippen LogP contribution in [0, 0.1) is 20.2 Å². The summed E-state index contributed by atoms with van der Waals surface area (Å²) in [5, 5.41) is 35.4. The average molecular weight is 329 g/mol. The number of nitrogens with one attached hydrogen (secondary N) is 1. The molecule has 9 nitrogen and oxygen atoms in total. The van der Waals surface area contributed by atoms with E-state index in [4.69, 9.17) is 4.74 Å². The topological polar surface area (TPSA) is 128 Å². The smallest absolute Gasteiger partial charge is 0.340 e. The molecule has 3 atom stereocenters. The summed E-state index contributed by atoms with van der Waals surface area (Å²) in [6.07, 6.45) is 2.96. The van der Waals surface area contributed by atoms with Crippen molar-refractivity contribution in [1.29, 1.82) is 0 Å². The molecule has 2 N–H and O–H groups in total. The van der Waals surface area contributed by atoms with Crippen LogP contribution < -0.4 is 5.32 Å². The van der Waals surface area contributed by atoms with Crippen molar-refractivity contribution in [2.75, 3.05) is 13.2 Å². The molecule has 0 aliphatic heterocycles. The molecule has 0 saturated heterocycles. The van der Waals surface area contributed by atoms with Gasteiger partial charge in [-0.05, 0) is 32.9 Å². The van der Waals surface area contributed by atoms with E-state index in [9.17, 15) is 25.3 Å². The quantitative estimate of drug-likeness (QED) is 0.524. The summed E-state index contributed by atoms with van der Waals surface area (Å²) in [7, 11) is 0. The van der Waals surface area contributed by atoms with Crippen LogP contribution in [-0.4, -0.2) is 51.3 Å². The molecule has 0 fully saturated rings. The number of nitrogens with zero attached hydrogens (tertiary/aromatic N) is 2. The summed E-state index contributed by atoms with van der Waals surface area (Å²) in [5.74, 6) is -0.133. The number of rotatable bonds is 7. The minimum Gasteiger partial charge on any atom is -0.488 e. The van der Waals surface area contributed by atoms with Crippen molar-refractivity contribution in [3.8, 4) is 0 Å². The zero-order valence-corrected chi connectivity index (χ0v) is 13.7. The number of β-amino-alcohol motifs (C(OH)–C–C–N with tert-alkyl or cyclic N) is 1. The second kappa shape index (κ2) is 7.05. The molecule has 9 heteroatoms. The summed E-state index contributed by atoms with van der Waals surface area (Å²) in [6.45, 7) is 7.01. The maximum atomic E-state index is 11.3. The van der Waals surface area contributed by atoms with Gasteiger partial charge in [0.05, 0.1) is 0 Å². The number of nitro groups is 2. The number of hydrogen-bond acceptors (Lipinski definition) is 7. The van der Waals surface area contributed by atoms with Gasteiger partial charge in [-0.3, -0.25) is 20.2 Å². The van der Waals surface area contributed by atoms with Crippen LogP contribution in [0.3, 0.4) is 0 Å². The lowest BCUT2D eigenvalue weighted by atomic mass is 9.88. The van der Waals surface area contributed by atoms with Crippen molar-refractivity contribution < 1.29 is 19.7 Å². The molecule has 1 rings (SSSR count). The summed E-state index contributed by atoms with van der Waals surface area (Å²) in [6, 6.07) is -1.63. The summed E-state index contributed by atoms with van der Waals surface area (Å²) in [4.78, 5) is 21.0. The Kier molecular flexibility index (Phi) is 5.84. The monoisotopic (exact) mass is 329 g/mol. The average Bonchev–Trinajstić information content (AvgIpc) is 2.41. The van der Waals surface area contributed by atoms with Gasteiger partial charge in [0.25, 0.3) is 0 Å². The molecule has 0 saturated carbocycles. The van der Waals surface area contributed by atoms with E-state index in [1.54, 1.807) is 0 Å². The van der Waals surface area contributed by atoms with Crippen molar-refractivity contribution in [1.82, 2.24) is 5.32 Å². The minimum absolute atomic E-state index is 0.133. The van der Waals surface area contributed by atoms with Crippen molar-refractivity contribution in [3.63, 3.8) is 0 Å². The van der Waals surface area contributed by atoms with E-state index < -0.39 is 27.5 Å². The highest BCUT2D eigenvalue weighted by Crippen LogP contribution is 2.29. The molecular weight excluding hydrogens is 306 g/mol. The van der Waals surface area contributed by atoms with Gasteiger partial charge in [-0.1, -0.05) is 6.08 Å². The highest BCUT2D eigenvalue weighted by atomic mass is 16.7. The van der Waals surface area contributed by atoms with E-state index in [0.717, 1.165) is 0 Å². The molecule has 3 unspecified atom stereocenters. The van der Waals surface area contributed by atoms with E-state index in [0.29, 0.717) is 0 Å². The van der Waals surface area contributed by atoms with Crippen molar-refractivity contribution >= 4 is 0 Å². The summed E-state index contributed by atoms with van der Waals surface area (Å²) in [5.41, 5.74) is -2.08. The van der Waals surface area contributed by atoms with Crippen LogP contribution in [0.25, 0.3) is 0 Å². The SMILES string of the molecule is CC(C)(C)NCC(O)COC1=CC=CC(C)([N+](=O)[O-])C1[N+](=O)[O-]. The summed E-state index contributed by atoms with van der Waals surface area (Å²) >= 11 is 0. The Labute approximate surface area is 134 Å². The van der Waals surface area contributed by atoms with Gasteiger partial charge in [0.1, 0.15) is 12.7 Å². The first-order chi connectivity index (χ1) is 10.5. The Hall–Kier alpha value is -2.00. The molecule has 0 amide bonds. The number of allylic oxidation sites excluding steroid dienone is 2. The van der Waals surface area contributed by atoms with Crippen LogP contribution in [-0.2, 0) is 4.74 Å². The van der Waals surface area contributed by atoms with Crippen LogP contribution in [0.15, 0.2) is 24.0 Å². The van der Waals surface area contributed by atoms with Crippen LogP contribution in [0.2, 0.25) is 0 Å². The number of ether oxygens (including phenoxy) is 1. The zero-order valence-electron chi connectivity index (χ0n) is 13.7. The first kappa shape index (κ1) is 19.0. The molecule has 0 aromatic heterocycles. The van der Waals surface area contributed by atoms with E-state index in [-0.39, 0.29) is 24.4 Å². The number of aliphatic hydroxyl groups is 1. The molecule has 1 aliphatic carbocycles. The van der Waals surface area contributed by atoms with Crippen molar-refractivity contribution in [3.05, 3.63) is 44.2 Å². The predicted molar refractivity (Wildman–Crippen MR) is 83.1 cm³/mol. The lowest BCUT2D eigenvalue weighted by Gasteiger charge is -2.26. The van der Waals surface area contributed by atoms with E-state index >= 15 is 0 Å². The van der Waals surface area contributed by atoms with Crippen molar-refractivity contribution in [2.45, 2.75) is 50.9 Å². The maximum absolute atomic E-state index is 11.3. The fourth-order valence-corrected chi connectivity index (χ4v) is 2.09. The third-order valence-electron chi connectivity index (χ3n) is 3.43. The molecule has 23 heavy (non-hydrogen) atoms. The summed E-state index contributed by atoms with van der Waals surface area (Å²) < 4.78 is 5.30. The fourth-order valence-electron chi connectivity index (χ4n) is 2.09. The third-order valence-corrected chi connectivity index (χ3v) is 3.43. The largest absolute Gasteiger partial charge is 0.488 e. The Bertz CT molecular complexity index is 525. The lowest BCUT2D eigenvalue weighted by molar-refractivity contribution is -0.634. The molecule has 0 aromatic carbocycles. The van der Waals surface area contributed by atoms with Gasteiger partial charge in [0.15, 0.2) is 5.76 Å². The minimum atomic E-state index is -1.89. The highest BCUT2D eigenvalue weighted by molar-refractivity contribution is 5.26. The van der Waals surface area contributed by atoms with Gasteiger partial charge in [-0.25, -0.2) is 0 Å². The van der Waals surface area contributed by atoms with Crippen LogP contribution in [0.5, 0.6) is 0 Å². The number of aliphatic hydroxyl groups excluding tert-OH is 1. The maximum Gasteiger partial charge on any atom is 0.340 e. The van der Waals surface area contributed by atoms with Crippen LogP contribution in [0.4, 0.5) is 0 Å². The van der Waals surface area contributed by atoms with Gasteiger partial charge in [-0.15, -0.1) is 0 Å². The van der Waals surface area contributed by atoms with Gasteiger partial charge < -0.3 is 15.2 Å². The molecule has 0 heterocycles. The van der Waals surface area contributed by atoms with E-state index in [1.165, 1.54) is 25.2 Å². The Morgan fingerprint density at radius 3 is 2.52 bits per heavy atom. The predicted octanol–water partition coefficient (Wildman–Crippen LogP) is 0.886. The van der Waals surface area contributed by atoms with Gasteiger partial charge in [0, 0.05) is 28.9 Å². The molecule has 1 aliphatic rings. The van der Waals surface area contributed by atoms with Crippen molar-refractivity contribution in [2.24, 2.45) is 0 Å². The lowest BCUT2D eigenvalue weighted by Crippen LogP contribution is -2.52. The van der Waals surface area contributed by atoms with Crippen LogP contribution >= 0.6 is 0 Å². The molecule has 0 radical (unpaired) electrons. The Morgan fingerprint density at radius 2 is 2.04 bits per heavy atom. The van der Waals surface area contributed by atoms with Gasteiger partial charge >= 0.3 is 11.6 Å². The Balaban J connectivity index is 2.75. The van der Waals surface area contributed by atoms with Crippen LogP contribution in [0.1, 0.15) is 27.7 Å².